The molecule has 37 heavy (non-hydrogen) atoms. The zero-order chi connectivity index (χ0) is 27.2. The van der Waals surface area contributed by atoms with E-state index in [2.05, 4.69) is 15.6 Å². The Morgan fingerprint density at radius 2 is 2.14 bits per heavy atom. The van der Waals surface area contributed by atoms with E-state index in [1.54, 1.807) is 22.7 Å². The van der Waals surface area contributed by atoms with E-state index < -0.39 is 29.9 Å². The minimum atomic E-state index is -4.53. The maximum Gasteiger partial charge on any atom is 0.416 e. The molecule has 10 nitrogen and oxygen atoms in total. The van der Waals surface area contributed by atoms with Gasteiger partial charge in [-0.05, 0) is 31.5 Å². The number of halogens is 3. The molecule has 204 valence electrons. The Bertz CT molecular complexity index is 1060. The number of ether oxygens (including phenoxy) is 1. The zero-order valence-electron chi connectivity index (χ0n) is 21.1. The maximum atomic E-state index is 13.0. The fraction of sp³-hybridized carbons (Fsp3) is 0.583. The van der Waals surface area contributed by atoms with Crippen molar-refractivity contribution >= 4 is 17.6 Å². The molecule has 0 unspecified atom stereocenters. The molecular formula is C24H33F3N6O4. The van der Waals surface area contributed by atoms with Crippen LogP contribution >= 0.6 is 0 Å². The van der Waals surface area contributed by atoms with Gasteiger partial charge < -0.3 is 25.0 Å². The lowest BCUT2D eigenvalue weighted by Crippen LogP contribution is -2.48. The number of aliphatic hydroxyl groups is 1. The SMILES string of the molecule is C[C@@H]1CN([C@@H](C)CO)C(=O)CCCn2nncc2CO[C@H]1CN(C)C(=O)Nc1cccc(C(F)(F)F)c1. The number of hydrogen-bond acceptors (Lipinski definition) is 6. The highest BCUT2D eigenvalue weighted by atomic mass is 19.4. The van der Waals surface area contributed by atoms with Crippen molar-refractivity contribution in [3.05, 3.63) is 41.7 Å². The molecule has 0 saturated heterocycles. The number of aliphatic hydroxyl groups excluding tert-OH is 1. The van der Waals surface area contributed by atoms with E-state index in [9.17, 15) is 27.9 Å². The Hall–Kier alpha value is -3.19. The third-order valence-corrected chi connectivity index (χ3v) is 6.38. The molecule has 3 amide bonds. The van der Waals surface area contributed by atoms with E-state index in [4.69, 9.17) is 4.74 Å². The van der Waals surface area contributed by atoms with Gasteiger partial charge >= 0.3 is 12.2 Å². The predicted octanol–water partition coefficient (Wildman–Crippen LogP) is 2.99. The smallest absolute Gasteiger partial charge is 0.394 e. The number of aromatic nitrogens is 3. The van der Waals surface area contributed by atoms with Crippen molar-refractivity contribution in [2.45, 2.75) is 58.2 Å². The second-order valence-corrected chi connectivity index (χ2v) is 9.35. The van der Waals surface area contributed by atoms with Gasteiger partial charge in [0.05, 0.1) is 42.8 Å². The van der Waals surface area contributed by atoms with Crippen LogP contribution in [0, 0.1) is 5.92 Å². The second-order valence-electron chi connectivity index (χ2n) is 9.35. The highest BCUT2D eigenvalue weighted by molar-refractivity contribution is 5.89. The zero-order valence-corrected chi connectivity index (χ0v) is 21.1. The molecule has 2 N–H and O–H groups in total. The maximum absolute atomic E-state index is 13.0. The van der Waals surface area contributed by atoms with Crippen molar-refractivity contribution in [2.75, 3.05) is 32.1 Å². The molecule has 0 fully saturated rings. The monoisotopic (exact) mass is 526 g/mol. The summed E-state index contributed by atoms with van der Waals surface area (Å²) in [6.45, 7) is 4.50. The fourth-order valence-electron chi connectivity index (χ4n) is 4.09. The molecule has 0 aliphatic carbocycles. The lowest BCUT2D eigenvalue weighted by atomic mass is 10.0. The normalized spacial score (nSPS) is 20.4. The number of hydrogen-bond donors (Lipinski definition) is 2. The van der Waals surface area contributed by atoms with Gasteiger partial charge in [0.25, 0.3) is 0 Å². The van der Waals surface area contributed by atoms with Gasteiger partial charge in [-0.15, -0.1) is 5.10 Å². The largest absolute Gasteiger partial charge is 0.416 e. The number of nitrogens with zero attached hydrogens (tertiary/aromatic N) is 5. The summed E-state index contributed by atoms with van der Waals surface area (Å²) in [6.07, 6.45) is -2.65. The summed E-state index contributed by atoms with van der Waals surface area (Å²) in [5.41, 5.74) is -0.123. The minimum absolute atomic E-state index is 0.0165. The van der Waals surface area contributed by atoms with Gasteiger partial charge in [0.15, 0.2) is 0 Å². The first kappa shape index (κ1) is 28.4. The van der Waals surface area contributed by atoms with Gasteiger partial charge in [0.1, 0.15) is 0 Å². The van der Waals surface area contributed by atoms with Crippen LogP contribution < -0.4 is 5.32 Å². The first-order chi connectivity index (χ1) is 17.5. The average molecular weight is 527 g/mol. The predicted molar refractivity (Wildman–Crippen MR) is 128 cm³/mol. The van der Waals surface area contributed by atoms with Crippen molar-refractivity contribution in [1.82, 2.24) is 24.8 Å². The molecule has 3 rings (SSSR count). The van der Waals surface area contributed by atoms with Gasteiger partial charge in [-0.2, -0.15) is 13.2 Å². The molecule has 1 aromatic heterocycles. The first-order valence-corrected chi connectivity index (χ1v) is 12.1. The highest BCUT2D eigenvalue weighted by Gasteiger charge is 2.31. The topological polar surface area (TPSA) is 113 Å². The van der Waals surface area contributed by atoms with Crippen LogP contribution in [0.1, 0.15) is 37.9 Å². The summed E-state index contributed by atoms with van der Waals surface area (Å²) in [4.78, 5) is 28.7. The number of likely N-dealkylation sites (N-methyl/N-ethyl adjacent to an activating group) is 1. The summed E-state index contributed by atoms with van der Waals surface area (Å²) in [5.74, 6) is -0.351. The van der Waals surface area contributed by atoms with E-state index in [-0.39, 0.29) is 43.7 Å². The van der Waals surface area contributed by atoms with Crippen molar-refractivity contribution in [3.8, 4) is 0 Å². The molecule has 1 aromatic carbocycles. The number of amides is 3. The highest BCUT2D eigenvalue weighted by Crippen LogP contribution is 2.30. The number of urea groups is 1. The molecule has 1 aliphatic rings. The van der Waals surface area contributed by atoms with E-state index in [0.29, 0.717) is 19.5 Å². The molecule has 2 heterocycles. The Kier molecular flexibility index (Phi) is 9.49. The number of benzene rings is 1. The van der Waals surface area contributed by atoms with Gasteiger partial charge in [-0.1, -0.05) is 18.2 Å². The molecule has 1 aliphatic heterocycles. The van der Waals surface area contributed by atoms with Crippen LogP contribution in [0.15, 0.2) is 30.5 Å². The number of nitrogens with one attached hydrogen (secondary N) is 1. The van der Waals surface area contributed by atoms with Crippen molar-refractivity contribution < 1.29 is 32.6 Å². The third kappa shape index (κ3) is 7.65. The Balaban J connectivity index is 1.77. The number of rotatable bonds is 5. The van der Waals surface area contributed by atoms with Crippen LogP contribution in [0.5, 0.6) is 0 Å². The second kappa shape index (κ2) is 12.4. The lowest BCUT2D eigenvalue weighted by Gasteiger charge is -2.35. The Morgan fingerprint density at radius 1 is 1.38 bits per heavy atom. The number of carbonyl (C=O) groups excluding carboxylic acids is 2. The number of carbonyl (C=O) groups is 2. The number of alkyl halides is 3. The van der Waals surface area contributed by atoms with Crippen molar-refractivity contribution in [1.29, 1.82) is 0 Å². The van der Waals surface area contributed by atoms with Crippen LogP contribution in [0.25, 0.3) is 0 Å². The summed E-state index contributed by atoms with van der Waals surface area (Å²) < 4.78 is 46.9. The van der Waals surface area contributed by atoms with E-state index in [0.717, 1.165) is 17.8 Å². The Labute approximate surface area is 213 Å². The molecule has 3 atom stereocenters. The van der Waals surface area contributed by atoms with Gasteiger partial charge in [-0.3, -0.25) is 4.79 Å². The third-order valence-electron chi connectivity index (χ3n) is 6.38. The molecule has 0 saturated carbocycles. The van der Waals surface area contributed by atoms with Crippen LogP contribution in [-0.4, -0.2) is 80.7 Å². The van der Waals surface area contributed by atoms with E-state index in [1.165, 1.54) is 24.1 Å². The van der Waals surface area contributed by atoms with E-state index >= 15 is 0 Å². The summed E-state index contributed by atoms with van der Waals surface area (Å²) in [5, 5.41) is 20.2. The van der Waals surface area contributed by atoms with E-state index in [1.807, 2.05) is 6.92 Å². The van der Waals surface area contributed by atoms with Crippen LogP contribution in [0.3, 0.4) is 0 Å². The quantitative estimate of drug-likeness (QED) is 0.620. The molecule has 13 heteroatoms. The summed E-state index contributed by atoms with van der Waals surface area (Å²) in [7, 11) is 1.51. The molecule has 0 radical (unpaired) electrons. The lowest BCUT2D eigenvalue weighted by molar-refractivity contribution is -0.137. The van der Waals surface area contributed by atoms with Crippen LogP contribution in [-0.2, 0) is 28.9 Å². The molecule has 0 bridgehead atoms. The fourth-order valence-corrected chi connectivity index (χ4v) is 4.09. The number of fused-ring (bicyclic) bond motifs is 1. The molecular weight excluding hydrogens is 493 g/mol. The first-order valence-electron chi connectivity index (χ1n) is 12.1. The van der Waals surface area contributed by atoms with Gasteiger partial charge in [0, 0.05) is 44.7 Å². The van der Waals surface area contributed by atoms with Crippen molar-refractivity contribution in [2.24, 2.45) is 5.92 Å². The number of aryl methyl sites for hydroxylation is 1. The van der Waals surface area contributed by atoms with Crippen molar-refractivity contribution in [3.63, 3.8) is 0 Å². The average Bonchev–Trinajstić information content (AvgIpc) is 3.30. The number of anilines is 1. The molecule has 0 spiro atoms. The van der Waals surface area contributed by atoms with Crippen LogP contribution in [0.2, 0.25) is 0 Å². The summed E-state index contributed by atoms with van der Waals surface area (Å²) >= 11 is 0. The standard InChI is InChI=1S/C24H33F3N6O4/c1-16-12-32(17(2)14-34)22(35)8-5-9-33-20(11-28-30-33)15-37-21(16)13-31(3)23(36)29-19-7-4-6-18(10-19)24(25,26)27/h4,6-7,10-11,16-17,21,34H,5,8-9,12-15H2,1-3H3,(H,29,36)/t16-,17+,21+/m1/s1. The van der Waals surface area contributed by atoms with Gasteiger partial charge in [-0.25, -0.2) is 9.48 Å². The minimum Gasteiger partial charge on any atom is -0.394 e. The summed E-state index contributed by atoms with van der Waals surface area (Å²) in [6, 6.07) is 3.40. The Morgan fingerprint density at radius 3 is 2.84 bits per heavy atom. The molecule has 2 aromatic rings. The van der Waals surface area contributed by atoms with Crippen LogP contribution in [0.4, 0.5) is 23.7 Å². The van der Waals surface area contributed by atoms with Gasteiger partial charge in [0.2, 0.25) is 5.91 Å².